The number of hydrogen-bond acceptors (Lipinski definition) is 5. The smallest absolute Gasteiger partial charge is 0.306 e. The maximum Gasteiger partial charge on any atom is 0.306 e. The number of rotatable bonds is 15. The summed E-state index contributed by atoms with van der Waals surface area (Å²) in [6.45, 7) is -0.403. The topological polar surface area (TPSA) is 117 Å². The Bertz CT molecular complexity index is 870. The number of carbonyl (C=O) groups excluding carboxylic acids is 2. The first-order chi connectivity index (χ1) is 15.5. The number of pyridine rings is 1. The fraction of sp³-hybridized carbons (Fsp3) is 0.440. The summed E-state index contributed by atoms with van der Waals surface area (Å²) in [5.41, 5.74) is 2.49. The Labute approximate surface area is 188 Å². The molecule has 0 spiro atoms. The lowest BCUT2D eigenvalue weighted by Crippen LogP contribution is -2.17. The lowest BCUT2D eigenvalue weighted by molar-refractivity contribution is -0.142. The van der Waals surface area contributed by atoms with E-state index in [1.165, 1.54) is 0 Å². The van der Waals surface area contributed by atoms with Crippen molar-refractivity contribution < 1.29 is 24.6 Å². The number of unbranched alkanes of at least 4 members (excludes halogenated alkanes) is 3. The maximum absolute atomic E-state index is 12.2. The second-order valence-corrected chi connectivity index (χ2v) is 8.00. The molecule has 0 radical (unpaired) electrons. The zero-order chi connectivity index (χ0) is 23.2. The highest BCUT2D eigenvalue weighted by Gasteiger charge is 2.18. The molecule has 1 atom stereocenters. The van der Waals surface area contributed by atoms with Gasteiger partial charge in [0.25, 0.3) is 0 Å². The van der Waals surface area contributed by atoms with E-state index in [4.69, 9.17) is 5.11 Å². The number of Topliss-reactive ketones (excluding diaryl/α,β-unsaturated/α-hetero) is 1. The number of nitrogens with one attached hydrogen (secondary N) is 1. The number of anilines is 1. The van der Waals surface area contributed by atoms with E-state index in [9.17, 15) is 19.5 Å². The average molecular weight is 441 g/mol. The number of ketones is 1. The van der Waals surface area contributed by atoms with Crippen molar-refractivity contribution in [1.82, 2.24) is 4.98 Å². The van der Waals surface area contributed by atoms with Gasteiger partial charge < -0.3 is 15.5 Å². The Kier molecular flexibility index (Phi) is 11.1. The minimum atomic E-state index is -0.813. The number of aliphatic carboxylic acids is 1. The van der Waals surface area contributed by atoms with Crippen LogP contribution in [0.5, 0.6) is 0 Å². The van der Waals surface area contributed by atoms with Crippen molar-refractivity contribution in [3.63, 3.8) is 0 Å². The number of amides is 1. The van der Waals surface area contributed by atoms with Crippen molar-refractivity contribution in [1.29, 1.82) is 0 Å². The fourth-order valence-electron chi connectivity index (χ4n) is 3.51. The third-order valence-electron chi connectivity index (χ3n) is 5.32. The molecule has 32 heavy (non-hydrogen) atoms. The first kappa shape index (κ1) is 25.2. The second kappa shape index (κ2) is 14.1. The molecule has 1 amide bonds. The van der Waals surface area contributed by atoms with Gasteiger partial charge in [-0.15, -0.1) is 0 Å². The summed E-state index contributed by atoms with van der Waals surface area (Å²) in [6.07, 6.45) is 8.74. The first-order valence-electron chi connectivity index (χ1n) is 11.1. The van der Waals surface area contributed by atoms with Gasteiger partial charge in [-0.1, -0.05) is 43.2 Å². The largest absolute Gasteiger partial charge is 0.481 e. The molecule has 7 heteroatoms. The minimum absolute atomic E-state index is 0.0946. The number of aryl methyl sites for hydroxylation is 1. The normalized spacial score (nSPS) is 11.7. The number of carboxylic acids is 1. The van der Waals surface area contributed by atoms with E-state index < -0.39 is 18.5 Å². The summed E-state index contributed by atoms with van der Waals surface area (Å²) in [5, 5.41) is 21.1. The van der Waals surface area contributed by atoms with Crippen LogP contribution in [0.3, 0.4) is 0 Å². The second-order valence-electron chi connectivity index (χ2n) is 8.00. The van der Waals surface area contributed by atoms with Crippen LogP contribution in [-0.4, -0.2) is 39.5 Å². The number of aromatic nitrogens is 1. The molecule has 0 aliphatic carbocycles. The highest BCUT2D eigenvalue weighted by Crippen LogP contribution is 2.18. The van der Waals surface area contributed by atoms with Crippen LogP contribution < -0.4 is 5.32 Å². The number of aliphatic hydroxyl groups excluding tert-OH is 1. The molecule has 7 nitrogen and oxygen atoms in total. The lowest BCUT2D eigenvalue weighted by atomic mass is 9.93. The Hall–Kier alpha value is -3.06. The lowest BCUT2D eigenvalue weighted by Gasteiger charge is -2.13. The molecule has 0 aliphatic rings. The third-order valence-corrected chi connectivity index (χ3v) is 5.32. The molecule has 1 aromatic heterocycles. The van der Waals surface area contributed by atoms with Gasteiger partial charge in [0.1, 0.15) is 6.61 Å². The molecule has 1 heterocycles. The standard InChI is InChI=1S/C25H32N2O5/c28-18-23(29)10-6-1-2-7-11-24(30)27-22-15-20(16-26-17-22)12-13-21(25(31)32)14-19-8-4-3-5-9-19/h3-5,8-9,15-17,21,28H,1-2,6-7,10-14,18H2,(H,27,30)(H,31,32)/t21-/m0/s1. The minimum Gasteiger partial charge on any atom is -0.481 e. The van der Waals surface area contributed by atoms with Crippen molar-refractivity contribution in [3.05, 3.63) is 59.9 Å². The number of carboxylic acid groups (broad SMARTS) is 1. The molecule has 0 bridgehead atoms. The van der Waals surface area contributed by atoms with E-state index in [0.717, 1.165) is 36.8 Å². The highest BCUT2D eigenvalue weighted by molar-refractivity contribution is 5.90. The predicted octanol–water partition coefficient (Wildman–Crippen LogP) is 3.80. The van der Waals surface area contributed by atoms with Crippen molar-refractivity contribution in [2.24, 2.45) is 5.92 Å². The molecule has 0 saturated carbocycles. The van der Waals surface area contributed by atoms with Crippen LogP contribution in [0.25, 0.3) is 0 Å². The van der Waals surface area contributed by atoms with Crippen LogP contribution in [0.2, 0.25) is 0 Å². The van der Waals surface area contributed by atoms with Gasteiger partial charge in [-0.2, -0.15) is 0 Å². The highest BCUT2D eigenvalue weighted by atomic mass is 16.4. The van der Waals surface area contributed by atoms with Crippen molar-refractivity contribution in [2.45, 2.75) is 57.8 Å². The zero-order valence-corrected chi connectivity index (χ0v) is 18.3. The first-order valence-corrected chi connectivity index (χ1v) is 11.1. The van der Waals surface area contributed by atoms with Gasteiger partial charge in [-0.3, -0.25) is 19.4 Å². The van der Waals surface area contributed by atoms with Crippen LogP contribution in [0.15, 0.2) is 48.8 Å². The summed E-state index contributed by atoms with van der Waals surface area (Å²) in [7, 11) is 0. The summed E-state index contributed by atoms with van der Waals surface area (Å²) in [5.74, 6) is -1.54. The number of nitrogens with zero attached hydrogens (tertiary/aromatic N) is 1. The summed E-state index contributed by atoms with van der Waals surface area (Å²) < 4.78 is 0. The monoisotopic (exact) mass is 440 g/mol. The molecule has 2 aromatic rings. The van der Waals surface area contributed by atoms with E-state index in [1.807, 2.05) is 36.4 Å². The van der Waals surface area contributed by atoms with Crippen LogP contribution in [0, 0.1) is 5.92 Å². The van der Waals surface area contributed by atoms with Gasteiger partial charge in [0.2, 0.25) is 5.91 Å². The Morgan fingerprint density at radius 3 is 2.34 bits per heavy atom. The molecular formula is C25H32N2O5. The quantitative estimate of drug-likeness (QED) is 0.363. The Morgan fingerprint density at radius 2 is 1.66 bits per heavy atom. The maximum atomic E-state index is 12.2. The molecule has 2 rings (SSSR count). The number of aliphatic hydroxyl groups is 1. The number of benzene rings is 1. The van der Waals surface area contributed by atoms with Crippen molar-refractivity contribution in [2.75, 3.05) is 11.9 Å². The summed E-state index contributed by atoms with van der Waals surface area (Å²) in [6, 6.07) is 11.4. The Morgan fingerprint density at radius 1 is 0.938 bits per heavy atom. The number of carbonyl (C=O) groups is 3. The molecule has 0 aliphatic heterocycles. The van der Waals surface area contributed by atoms with Crippen LogP contribution in [-0.2, 0) is 27.2 Å². The molecule has 1 aromatic carbocycles. The van der Waals surface area contributed by atoms with Gasteiger partial charge in [-0.25, -0.2) is 0 Å². The Balaban J connectivity index is 1.75. The fourth-order valence-corrected chi connectivity index (χ4v) is 3.51. The van der Waals surface area contributed by atoms with E-state index in [2.05, 4.69) is 10.3 Å². The van der Waals surface area contributed by atoms with E-state index in [0.29, 0.717) is 37.8 Å². The van der Waals surface area contributed by atoms with Crippen molar-refractivity contribution >= 4 is 23.3 Å². The number of hydrogen-bond donors (Lipinski definition) is 3. The SMILES string of the molecule is O=C(CO)CCCCCCC(=O)Nc1cncc(CC[C@@H](Cc2ccccc2)C(=O)O)c1. The van der Waals surface area contributed by atoms with Crippen LogP contribution in [0.1, 0.15) is 56.1 Å². The molecule has 0 saturated heterocycles. The summed E-state index contributed by atoms with van der Waals surface area (Å²) >= 11 is 0. The molecule has 0 fully saturated rings. The van der Waals surface area contributed by atoms with E-state index >= 15 is 0 Å². The third kappa shape index (κ3) is 9.83. The summed E-state index contributed by atoms with van der Waals surface area (Å²) in [4.78, 5) is 39.0. The van der Waals surface area contributed by atoms with E-state index in [1.54, 1.807) is 12.4 Å². The van der Waals surface area contributed by atoms with Gasteiger partial charge in [-0.05, 0) is 49.3 Å². The zero-order valence-electron chi connectivity index (χ0n) is 18.3. The molecular weight excluding hydrogens is 408 g/mol. The van der Waals surface area contributed by atoms with Crippen LogP contribution in [0.4, 0.5) is 5.69 Å². The molecule has 172 valence electrons. The van der Waals surface area contributed by atoms with Gasteiger partial charge in [0.05, 0.1) is 17.8 Å². The van der Waals surface area contributed by atoms with Gasteiger partial charge >= 0.3 is 5.97 Å². The van der Waals surface area contributed by atoms with Crippen molar-refractivity contribution in [3.8, 4) is 0 Å². The van der Waals surface area contributed by atoms with Gasteiger partial charge in [0.15, 0.2) is 5.78 Å². The van der Waals surface area contributed by atoms with Crippen LogP contribution >= 0.6 is 0 Å². The predicted molar refractivity (Wildman–Crippen MR) is 122 cm³/mol. The molecule has 0 unspecified atom stereocenters. The van der Waals surface area contributed by atoms with Gasteiger partial charge in [0, 0.05) is 19.0 Å². The average Bonchev–Trinajstić information content (AvgIpc) is 2.79. The molecule has 3 N–H and O–H groups in total. The van der Waals surface area contributed by atoms with E-state index in [-0.39, 0.29) is 11.7 Å².